The Labute approximate surface area is 144 Å². The number of benzene rings is 1. The lowest BCUT2D eigenvalue weighted by molar-refractivity contribution is 0.0240. The molecule has 1 aliphatic heterocycles. The number of aromatic carboxylic acids is 1. The van der Waals surface area contributed by atoms with Crippen LogP contribution in [0.2, 0.25) is 5.02 Å². The van der Waals surface area contributed by atoms with E-state index in [9.17, 15) is 14.0 Å². The molecule has 1 amide bonds. The Balaban J connectivity index is 2.05. The van der Waals surface area contributed by atoms with E-state index < -0.39 is 23.0 Å². The predicted molar refractivity (Wildman–Crippen MR) is 88.4 cm³/mol. The zero-order chi connectivity index (χ0) is 18.1. The van der Waals surface area contributed by atoms with Gasteiger partial charge < -0.3 is 19.6 Å². The van der Waals surface area contributed by atoms with Crippen molar-refractivity contribution in [2.75, 3.05) is 31.1 Å². The van der Waals surface area contributed by atoms with Crippen LogP contribution in [0.5, 0.6) is 0 Å². The topological polar surface area (TPSA) is 70.1 Å². The van der Waals surface area contributed by atoms with Crippen molar-refractivity contribution >= 4 is 29.4 Å². The highest BCUT2D eigenvalue weighted by Gasteiger charge is 2.27. The minimum atomic E-state index is -1.40. The highest BCUT2D eigenvalue weighted by atomic mass is 35.5. The summed E-state index contributed by atoms with van der Waals surface area (Å²) in [7, 11) is 0. The van der Waals surface area contributed by atoms with Gasteiger partial charge in [0.05, 0.1) is 5.02 Å². The Morgan fingerprint density at radius 2 is 1.79 bits per heavy atom. The first kappa shape index (κ1) is 18.3. The Morgan fingerprint density at radius 3 is 2.25 bits per heavy atom. The molecule has 0 spiro atoms. The van der Waals surface area contributed by atoms with Gasteiger partial charge >= 0.3 is 12.1 Å². The lowest BCUT2D eigenvalue weighted by atomic mass is 10.1. The molecule has 132 valence electrons. The number of halogens is 2. The monoisotopic (exact) mass is 358 g/mol. The normalized spacial score (nSPS) is 15.4. The average Bonchev–Trinajstić information content (AvgIpc) is 2.44. The average molecular weight is 359 g/mol. The number of carbonyl (C=O) groups is 2. The van der Waals surface area contributed by atoms with E-state index in [4.69, 9.17) is 21.4 Å². The number of carboxylic acid groups (broad SMARTS) is 1. The van der Waals surface area contributed by atoms with E-state index in [1.165, 1.54) is 6.07 Å². The fourth-order valence-electron chi connectivity index (χ4n) is 2.42. The quantitative estimate of drug-likeness (QED) is 0.878. The molecular formula is C16H20ClFN2O4. The van der Waals surface area contributed by atoms with E-state index in [0.29, 0.717) is 31.9 Å². The number of piperazine rings is 1. The number of amides is 1. The first-order valence-electron chi connectivity index (χ1n) is 7.53. The van der Waals surface area contributed by atoms with Gasteiger partial charge in [-0.15, -0.1) is 0 Å². The minimum absolute atomic E-state index is 0.146. The molecule has 6 nitrogen and oxygen atoms in total. The van der Waals surface area contributed by atoms with Crippen molar-refractivity contribution in [2.45, 2.75) is 26.4 Å². The van der Waals surface area contributed by atoms with Crippen molar-refractivity contribution < 1.29 is 23.8 Å². The largest absolute Gasteiger partial charge is 0.478 e. The van der Waals surface area contributed by atoms with Gasteiger partial charge in [0, 0.05) is 31.9 Å². The van der Waals surface area contributed by atoms with Gasteiger partial charge in [-0.3, -0.25) is 0 Å². The van der Waals surface area contributed by atoms with Gasteiger partial charge in [-0.25, -0.2) is 14.0 Å². The van der Waals surface area contributed by atoms with Gasteiger partial charge in [-0.2, -0.15) is 0 Å². The van der Waals surface area contributed by atoms with E-state index in [1.807, 2.05) is 4.90 Å². The van der Waals surface area contributed by atoms with Gasteiger partial charge in [0.2, 0.25) is 0 Å². The number of hydrogen-bond donors (Lipinski definition) is 1. The minimum Gasteiger partial charge on any atom is -0.478 e. The van der Waals surface area contributed by atoms with Crippen LogP contribution in [0.15, 0.2) is 12.1 Å². The third-order valence-corrected chi connectivity index (χ3v) is 3.84. The molecule has 1 saturated heterocycles. The Morgan fingerprint density at radius 1 is 1.21 bits per heavy atom. The molecule has 0 bridgehead atoms. The molecule has 1 heterocycles. The molecule has 1 aromatic rings. The summed E-state index contributed by atoms with van der Waals surface area (Å²) in [5, 5.41) is 8.79. The zero-order valence-corrected chi connectivity index (χ0v) is 14.6. The van der Waals surface area contributed by atoms with Gasteiger partial charge in [0.1, 0.15) is 17.0 Å². The van der Waals surface area contributed by atoms with Crippen molar-refractivity contribution in [1.82, 2.24) is 4.90 Å². The molecule has 0 unspecified atom stereocenters. The number of ether oxygens (including phenoxy) is 1. The van der Waals surface area contributed by atoms with E-state index in [2.05, 4.69) is 0 Å². The molecule has 24 heavy (non-hydrogen) atoms. The molecule has 1 aromatic carbocycles. The summed E-state index contributed by atoms with van der Waals surface area (Å²) in [6.45, 7) is 7.20. The Bertz CT molecular complexity index is 629. The summed E-state index contributed by atoms with van der Waals surface area (Å²) in [5.74, 6) is -2.28. The van der Waals surface area contributed by atoms with Gasteiger partial charge in [-0.1, -0.05) is 11.6 Å². The van der Waals surface area contributed by atoms with E-state index in [0.717, 1.165) is 6.07 Å². The second-order valence-electron chi connectivity index (χ2n) is 6.54. The third-order valence-electron chi connectivity index (χ3n) is 3.54. The number of hydrogen-bond acceptors (Lipinski definition) is 4. The van der Waals surface area contributed by atoms with Crippen LogP contribution in [-0.2, 0) is 4.74 Å². The van der Waals surface area contributed by atoms with Crippen molar-refractivity contribution in [2.24, 2.45) is 0 Å². The summed E-state index contributed by atoms with van der Waals surface area (Å²) in [6, 6.07) is 2.58. The van der Waals surface area contributed by atoms with Crippen molar-refractivity contribution in [3.05, 3.63) is 28.5 Å². The second-order valence-corrected chi connectivity index (χ2v) is 6.95. The maximum Gasteiger partial charge on any atom is 0.410 e. The van der Waals surface area contributed by atoms with Crippen LogP contribution in [0, 0.1) is 5.82 Å². The number of carbonyl (C=O) groups excluding carboxylic acids is 1. The van der Waals surface area contributed by atoms with Gasteiger partial charge in [-0.05, 0) is 32.9 Å². The summed E-state index contributed by atoms with van der Waals surface area (Å²) in [5.41, 5.74) is -0.600. The van der Waals surface area contributed by atoms with Crippen LogP contribution in [0.25, 0.3) is 0 Å². The molecule has 0 aromatic heterocycles. The molecule has 0 saturated carbocycles. The molecule has 0 aliphatic carbocycles. The lowest BCUT2D eigenvalue weighted by Crippen LogP contribution is -2.50. The molecule has 1 aliphatic rings. The van der Waals surface area contributed by atoms with Crippen LogP contribution >= 0.6 is 11.6 Å². The Hall–Kier alpha value is -2.02. The van der Waals surface area contributed by atoms with E-state index in [1.54, 1.807) is 25.7 Å². The van der Waals surface area contributed by atoms with Crippen LogP contribution in [-0.4, -0.2) is 53.8 Å². The second kappa shape index (κ2) is 6.84. The molecule has 0 atom stereocenters. The highest BCUT2D eigenvalue weighted by molar-refractivity contribution is 6.33. The van der Waals surface area contributed by atoms with Crippen molar-refractivity contribution in [3.8, 4) is 0 Å². The van der Waals surface area contributed by atoms with Gasteiger partial charge in [0.25, 0.3) is 0 Å². The standard InChI is InChI=1S/C16H20ClFN2O4/c1-16(2,3)24-15(23)20-6-4-19(5-7-20)10-8-11(17)13(14(21)22)12(18)9-10/h8-9H,4-7H2,1-3H3,(H,21,22). The maximum absolute atomic E-state index is 13.9. The third kappa shape index (κ3) is 4.29. The number of rotatable bonds is 2. The number of nitrogens with zero attached hydrogens (tertiary/aromatic N) is 2. The molecule has 2 rings (SSSR count). The first-order valence-corrected chi connectivity index (χ1v) is 7.91. The van der Waals surface area contributed by atoms with Crippen molar-refractivity contribution in [3.63, 3.8) is 0 Å². The van der Waals surface area contributed by atoms with Crippen LogP contribution in [0.1, 0.15) is 31.1 Å². The predicted octanol–water partition coefficient (Wildman–Crippen LogP) is 3.23. The van der Waals surface area contributed by atoms with E-state index in [-0.39, 0.29) is 11.1 Å². The zero-order valence-electron chi connectivity index (χ0n) is 13.8. The van der Waals surface area contributed by atoms with Crippen LogP contribution < -0.4 is 4.90 Å². The first-order chi connectivity index (χ1) is 11.1. The summed E-state index contributed by atoms with van der Waals surface area (Å²) >= 11 is 5.87. The fourth-order valence-corrected chi connectivity index (χ4v) is 2.70. The fraction of sp³-hybridized carbons (Fsp3) is 0.500. The summed E-state index contributed by atoms with van der Waals surface area (Å²) in [4.78, 5) is 26.4. The van der Waals surface area contributed by atoms with Crippen LogP contribution in [0.3, 0.4) is 0 Å². The summed E-state index contributed by atoms with van der Waals surface area (Å²) in [6.07, 6.45) is -0.382. The summed E-state index contributed by atoms with van der Waals surface area (Å²) < 4.78 is 19.3. The number of carboxylic acids is 1. The molecule has 8 heteroatoms. The number of anilines is 1. The molecule has 1 fully saturated rings. The molecule has 1 N–H and O–H groups in total. The van der Waals surface area contributed by atoms with Crippen molar-refractivity contribution in [1.29, 1.82) is 0 Å². The Kier molecular flexibility index (Phi) is 5.22. The molecular weight excluding hydrogens is 339 g/mol. The molecule has 0 radical (unpaired) electrons. The van der Waals surface area contributed by atoms with E-state index >= 15 is 0 Å². The lowest BCUT2D eigenvalue weighted by Gasteiger charge is -2.36. The van der Waals surface area contributed by atoms with Gasteiger partial charge in [0.15, 0.2) is 0 Å². The SMILES string of the molecule is CC(C)(C)OC(=O)N1CCN(c2cc(F)c(C(=O)O)c(Cl)c2)CC1. The highest BCUT2D eigenvalue weighted by Crippen LogP contribution is 2.27. The van der Waals surface area contributed by atoms with Crippen LogP contribution in [0.4, 0.5) is 14.9 Å². The maximum atomic E-state index is 13.9. The smallest absolute Gasteiger partial charge is 0.410 e.